The molecular weight excluding hydrogens is 319 g/mol. The molecule has 4 heteroatoms. The zero-order valence-electron chi connectivity index (χ0n) is 12.3. The minimum absolute atomic E-state index is 0.0530. The van der Waals surface area contributed by atoms with Crippen molar-refractivity contribution in [2.75, 3.05) is 13.6 Å². The fourth-order valence-electron chi connectivity index (χ4n) is 3.31. The summed E-state index contributed by atoms with van der Waals surface area (Å²) in [5, 5.41) is 0. The molecule has 0 heterocycles. The van der Waals surface area contributed by atoms with E-state index in [1.807, 2.05) is 6.07 Å². The quantitative estimate of drug-likeness (QED) is 0.892. The molecule has 0 aromatic heterocycles. The van der Waals surface area contributed by atoms with E-state index >= 15 is 0 Å². The van der Waals surface area contributed by atoms with Gasteiger partial charge in [0.1, 0.15) is 5.82 Å². The van der Waals surface area contributed by atoms with Crippen LogP contribution in [0.15, 0.2) is 22.7 Å². The van der Waals surface area contributed by atoms with Gasteiger partial charge in [-0.25, -0.2) is 4.39 Å². The summed E-state index contributed by atoms with van der Waals surface area (Å²) in [7, 11) is 2.08. The Morgan fingerprint density at radius 1 is 1.45 bits per heavy atom. The van der Waals surface area contributed by atoms with Gasteiger partial charge in [-0.3, -0.25) is 4.90 Å². The van der Waals surface area contributed by atoms with Crippen molar-refractivity contribution in [3.63, 3.8) is 0 Å². The monoisotopic (exact) mass is 342 g/mol. The van der Waals surface area contributed by atoms with Gasteiger partial charge < -0.3 is 5.73 Å². The van der Waals surface area contributed by atoms with Crippen LogP contribution in [-0.4, -0.2) is 24.5 Å². The fourth-order valence-corrected chi connectivity index (χ4v) is 3.69. The molecule has 112 valence electrons. The second-order valence-electron chi connectivity index (χ2n) is 6.01. The summed E-state index contributed by atoms with van der Waals surface area (Å²) < 4.78 is 15.0. The predicted molar refractivity (Wildman–Crippen MR) is 85.1 cm³/mol. The van der Waals surface area contributed by atoms with Crippen molar-refractivity contribution in [1.82, 2.24) is 4.90 Å². The van der Waals surface area contributed by atoms with E-state index in [1.54, 1.807) is 6.07 Å². The normalized spacial score (nSPS) is 24.9. The van der Waals surface area contributed by atoms with Crippen LogP contribution in [0.1, 0.15) is 44.2 Å². The zero-order valence-corrected chi connectivity index (χ0v) is 13.9. The summed E-state index contributed by atoms with van der Waals surface area (Å²) in [5.74, 6) is 0.585. The van der Waals surface area contributed by atoms with Gasteiger partial charge >= 0.3 is 0 Å². The first-order chi connectivity index (χ1) is 9.52. The van der Waals surface area contributed by atoms with Crippen molar-refractivity contribution in [3.05, 3.63) is 34.1 Å². The number of nitrogens with zero attached hydrogens (tertiary/aromatic N) is 1. The number of nitrogens with two attached hydrogens (primary N) is 1. The first kappa shape index (κ1) is 15.9. The van der Waals surface area contributed by atoms with Gasteiger partial charge in [0.15, 0.2) is 0 Å². The van der Waals surface area contributed by atoms with Crippen LogP contribution in [0.5, 0.6) is 0 Å². The molecule has 0 radical (unpaired) electrons. The van der Waals surface area contributed by atoms with Gasteiger partial charge in [-0.1, -0.05) is 35.7 Å². The molecule has 20 heavy (non-hydrogen) atoms. The summed E-state index contributed by atoms with van der Waals surface area (Å²) in [4.78, 5) is 2.28. The maximum absolute atomic E-state index is 14.1. The summed E-state index contributed by atoms with van der Waals surface area (Å²) in [5.41, 5.74) is 6.64. The lowest BCUT2D eigenvalue weighted by Gasteiger charge is -2.39. The number of hydrogen-bond donors (Lipinski definition) is 1. The highest BCUT2D eigenvalue weighted by Crippen LogP contribution is 2.32. The molecule has 3 unspecified atom stereocenters. The van der Waals surface area contributed by atoms with E-state index in [-0.39, 0.29) is 11.9 Å². The molecule has 1 aliphatic rings. The van der Waals surface area contributed by atoms with E-state index < -0.39 is 0 Å². The van der Waals surface area contributed by atoms with Crippen molar-refractivity contribution in [1.29, 1.82) is 0 Å². The molecule has 0 spiro atoms. The Kier molecular flexibility index (Phi) is 5.58. The summed E-state index contributed by atoms with van der Waals surface area (Å²) in [6, 6.07) is 5.55. The molecule has 2 N–H and O–H groups in total. The topological polar surface area (TPSA) is 29.3 Å². The zero-order chi connectivity index (χ0) is 14.7. The maximum atomic E-state index is 14.1. The minimum atomic E-state index is -0.167. The standard InChI is InChI=1S/C16H24BrFN2/c1-11-4-3-5-13(8-11)20(2)16(10-19)14-9-12(17)6-7-15(14)18/h6-7,9,11,13,16H,3-5,8,10,19H2,1-2H3. The third-order valence-corrected chi connectivity index (χ3v) is 5.01. The molecule has 1 saturated carbocycles. The van der Waals surface area contributed by atoms with Crippen molar-refractivity contribution >= 4 is 15.9 Å². The number of rotatable bonds is 4. The van der Waals surface area contributed by atoms with Gasteiger partial charge in [-0.15, -0.1) is 0 Å². The lowest BCUT2D eigenvalue weighted by Crippen LogP contribution is -2.41. The van der Waals surface area contributed by atoms with Crippen LogP contribution >= 0.6 is 15.9 Å². The van der Waals surface area contributed by atoms with Crippen LogP contribution in [0.4, 0.5) is 4.39 Å². The third kappa shape index (κ3) is 3.60. The Morgan fingerprint density at radius 2 is 2.20 bits per heavy atom. The molecule has 2 rings (SSSR count). The van der Waals surface area contributed by atoms with Crippen LogP contribution in [0.25, 0.3) is 0 Å². The summed E-state index contributed by atoms with van der Waals surface area (Å²) in [6.45, 7) is 2.74. The van der Waals surface area contributed by atoms with Crippen LogP contribution in [0.2, 0.25) is 0 Å². The Morgan fingerprint density at radius 3 is 2.85 bits per heavy atom. The molecule has 1 aromatic carbocycles. The van der Waals surface area contributed by atoms with E-state index in [1.165, 1.54) is 31.7 Å². The lowest BCUT2D eigenvalue weighted by atomic mass is 9.85. The van der Waals surface area contributed by atoms with Crippen LogP contribution < -0.4 is 5.73 Å². The van der Waals surface area contributed by atoms with Gasteiger partial charge in [0.2, 0.25) is 0 Å². The summed E-state index contributed by atoms with van der Waals surface area (Å²) >= 11 is 3.42. The lowest BCUT2D eigenvalue weighted by molar-refractivity contribution is 0.119. The van der Waals surface area contributed by atoms with Crippen molar-refractivity contribution < 1.29 is 4.39 Å². The first-order valence-corrected chi connectivity index (χ1v) is 8.19. The first-order valence-electron chi connectivity index (χ1n) is 7.40. The highest BCUT2D eigenvalue weighted by Gasteiger charge is 2.28. The number of benzene rings is 1. The molecule has 0 aliphatic heterocycles. The molecule has 3 atom stereocenters. The maximum Gasteiger partial charge on any atom is 0.128 e. The van der Waals surface area contributed by atoms with Crippen LogP contribution in [0, 0.1) is 11.7 Å². The Bertz CT molecular complexity index is 452. The second kappa shape index (κ2) is 7.01. The van der Waals surface area contributed by atoms with E-state index in [4.69, 9.17) is 5.73 Å². The predicted octanol–water partition coefficient (Wildman–Crippen LogP) is 4.10. The molecule has 0 amide bonds. The number of likely N-dealkylation sites (N-methyl/N-ethyl adjacent to an activating group) is 1. The van der Waals surface area contributed by atoms with Crippen molar-refractivity contribution in [2.24, 2.45) is 11.7 Å². The molecule has 1 aliphatic carbocycles. The van der Waals surface area contributed by atoms with Gasteiger partial charge in [-0.2, -0.15) is 0 Å². The molecule has 0 bridgehead atoms. The molecule has 1 aromatic rings. The smallest absolute Gasteiger partial charge is 0.128 e. The SMILES string of the molecule is CC1CCCC(N(C)C(CN)c2cc(Br)ccc2F)C1. The van der Waals surface area contributed by atoms with Gasteiger partial charge in [0.25, 0.3) is 0 Å². The average molecular weight is 343 g/mol. The molecule has 1 fully saturated rings. The Hall–Kier alpha value is -0.450. The van der Waals surface area contributed by atoms with Crippen LogP contribution in [0.3, 0.4) is 0 Å². The average Bonchev–Trinajstić information content (AvgIpc) is 2.43. The van der Waals surface area contributed by atoms with Gasteiger partial charge in [-0.05, 0) is 44.0 Å². The second-order valence-corrected chi connectivity index (χ2v) is 6.92. The Balaban J connectivity index is 2.20. The third-order valence-electron chi connectivity index (χ3n) is 4.52. The molecular formula is C16H24BrFN2. The van der Waals surface area contributed by atoms with E-state index in [0.717, 1.165) is 10.4 Å². The van der Waals surface area contributed by atoms with Crippen molar-refractivity contribution in [3.8, 4) is 0 Å². The molecule has 0 saturated heterocycles. The van der Waals surface area contributed by atoms with E-state index in [0.29, 0.717) is 18.2 Å². The van der Waals surface area contributed by atoms with Gasteiger partial charge in [0.05, 0.1) is 0 Å². The van der Waals surface area contributed by atoms with E-state index in [9.17, 15) is 4.39 Å². The Labute approximate surface area is 129 Å². The molecule has 2 nitrogen and oxygen atoms in total. The summed E-state index contributed by atoms with van der Waals surface area (Å²) in [6.07, 6.45) is 4.94. The fraction of sp³-hybridized carbons (Fsp3) is 0.625. The minimum Gasteiger partial charge on any atom is -0.329 e. The van der Waals surface area contributed by atoms with Crippen molar-refractivity contribution in [2.45, 2.75) is 44.7 Å². The largest absolute Gasteiger partial charge is 0.329 e. The number of halogens is 2. The van der Waals surface area contributed by atoms with Crippen LogP contribution in [-0.2, 0) is 0 Å². The highest BCUT2D eigenvalue weighted by molar-refractivity contribution is 9.10. The van der Waals surface area contributed by atoms with Gasteiger partial charge in [0, 0.05) is 28.7 Å². The van der Waals surface area contributed by atoms with E-state index in [2.05, 4.69) is 34.8 Å². The highest BCUT2D eigenvalue weighted by atomic mass is 79.9. The number of hydrogen-bond acceptors (Lipinski definition) is 2.